The van der Waals surface area contributed by atoms with Gasteiger partial charge < -0.3 is 15.4 Å². The van der Waals surface area contributed by atoms with Gasteiger partial charge in [-0.15, -0.1) is 0 Å². The number of nitrogens with zero attached hydrogens (tertiary/aromatic N) is 4. The van der Waals surface area contributed by atoms with Crippen molar-refractivity contribution in [3.8, 4) is 0 Å². The molecule has 3 rings (SSSR count). The fourth-order valence-corrected chi connectivity index (χ4v) is 4.41. The Labute approximate surface area is 198 Å². The van der Waals surface area contributed by atoms with E-state index >= 15 is 0 Å². The molecule has 0 saturated carbocycles. The number of ether oxygens (including phenoxy) is 1. The number of fused-ring (bicyclic) bond motifs is 1. The summed E-state index contributed by atoms with van der Waals surface area (Å²) in [5, 5.41) is 1.12. The monoisotopic (exact) mass is 453 g/mol. The van der Waals surface area contributed by atoms with Crippen molar-refractivity contribution >= 4 is 34.0 Å². The number of nitrogens with two attached hydrogens (primary N) is 1. The number of pyridine rings is 1. The molecule has 0 spiro atoms. The summed E-state index contributed by atoms with van der Waals surface area (Å²) in [6, 6.07) is 6.52. The van der Waals surface area contributed by atoms with Crippen LogP contribution in [0.3, 0.4) is 0 Å². The molecule has 0 bridgehead atoms. The van der Waals surface area contributed by atoms with Gasteiger partial charge in [0.05, 0.1) is 5.52 Å². The number of benzene rings is 1. The Hall–Kier alpha value is -2.51. The Kier molecular flexibility index (Phi) is 9.21. The number of aliphatic imine (C=N–C) groups is 1. The van der Waals surface area contributed by atoms with Crippen molar-refractivity contribution < 1.29 is 9.53 Å². The zero-order valence-electron chi connectivity index (χ0n) is 20.7. The van der Waals surface area contributed by atoms with E-state index in [-0.39, 0.29) is 12.5 Å². The first kappa shape index (κ1) is 25.1. The molecule has 7 heteroatoms. The van der Waals surface area contributed by atoms with E-state index in [9.17, 15) is 4.79 Å². The van der Waals surface area contributed by atoms with Crippen LogP contribution in [0.5, 0.6) is 0 Å². The molecule has 1 fully saturated rings. The van der Waals surface area contributed by atoms with Gasteiger partial charge in [-0.25, -0.2) is 4.98 Å². The van der Waals surface area contributed by atoms with Crippen LogP contribution in [0.2, 0.25) is 0 Å². The average molecular weight is 454 g/mol. The topological polar surface area (TPSA) is 84.0 Å². The molecule has 2 N–H and O–H groups in total. The van der Waals surface area contributed by atoms with Crippen molar-refractivity contribution in [2.45, 2.75) is 52.9 Å². The predicted octanol–water partition coefficient (Wildman–Crippen LogP) is 4.13. The second kappa shape index (κ2) is 12.1. The number of aromatic nitrogens is 1. The molecule has 0 unspecified atom stereocenters. The number of unbranched alkanes of at least 4 members (excludes halogenated alkanes) is 1. The van der Waals surface area contributed by atoms with Crippen molar-refractivity contribution in [3.63, 3.8) is 0 Å². The Bertz CT molecular complexity index is 980. The van der Waals surface area contributed by atoms with Crippen molar-refractivity contribution in [1.29, 1.82) is 0 Å². The molecule has 1 aromatic carbocycles. The van der Waals surface area contributed by atoms with Crippen LogP contribution in [-0.4, -0.2) is 72.8 Å². The van der Waals surface area contributed by atoms with Gasteiger partial charge in [-0.2, -0.15) is 0 Å². The molecule has 0 atom stereocenters. The molecule has 1 saturated heterocycles. The highest BCUT2D eigenvalue weighted by Gasteiger charge is 2.20. The van der Waals surface area contributed by atoms with Crippen LogP contribution in [-0.2, 0) is 16.0 Å². The number of hydrogen-bond donors (Lipinski definition) is 1. The first-order chi connectivity index (χ1) is 15.9. The molecule has 2 heterocycles. The molecule has 0 radical (unpaired) electrons. The van der Waals surface area contributed by atoms with Crippen LogP contribution >= 0.6 is 0 Å². The zero-order valence-corrected chi connectivity index (χ0v) is 20.7. The lowest BCUT2D eigenvalue weighted by Crippen LogP contribution is -2.49. The van der Waals surface area contributed by atoms with Crippen LogP contribution in [0.4, 0.5) is 11.5 Å². The van der Waals surface area contributed by atoms with Crippen LogP contribution < -0.4 is 5.73 Å². The molecule has 1 aliphatic rings. The SMILES string of the molecule is CCCCC(C)=Nc1c(N)nc2cc(CCCN3CCN(C(=O)COC)CC3)ccc2c1C. The molecular weight excluding hydrogens is 414 g/mol. The van der Waals surface area contributed by atoms with Gasteiger partial charge in [-0.1, -0.05) is 25.5 Å². The summed E-state index contributed by atoms with van der Waals surface area (Å²) < 4.78 is 4.96. The van der Waals surface area contributed by atoms with Crippen molar-refractivity contribution in [2.24, 2.45) is 4.99 Å². The fraction of sp³-hybridized carbons (Fsp3) is 0.577. The number of aryl methyl sites for hydroxylation is 2. The van der Waals surface area contributed by atoms with Crippen molar-refractivity contribution in [1.82, 2.24) is 14.8 Å². The molecule has 180 valence electrons. The summed E-state index contributed by atoms with van der Waals surface area (Å²) in [5.41, 5.74) is 11.5. The lowest BCUT2D eigenvalue weighted by atomic mass is 10.0. The highest BCUT2D eigenvalue weighted by Crippen LogP contribution is 2.32. The predicted molar refractivity (Wildman–Crippen MR) is 136 cm³/mol. The minimum atomic E-state index is 0.0837. The maximum Gasteiger partial charge on any atom is 0.248 e. The van der Waals surface area contributed by atoms with E-state index in [0.29, 0.717) is 5.82 Å². The van der Waals surface area contributed by atoms with E-state index < -0.39 is 0 Å². The van der Waals surface area contributed by atoms with Gasteiger partial charge in [0.1, 0.15) is 18.1 Å². The van der Waals surface area contributed by atoms with Gasteiger partial charge in [-0.05, 0) is 63.3 Å². The van der Waals surface area contributed by atoms with Gasteiger partial charge in [0.25, 0.3) is 0 Å². The van der Waals surface area contributed by atoms with Crippen molar-refractivity contribution in [3.05, 3.63) is 29.3 Å². The quantitative estimate of drug-likeness (QED) is 0.547. The second-order valence-corrected chi connectivity index (χ2v) is 9.03. The van der Waals surface area contributed by atoms with E-state index in [4.69, 9.17) is 15.5 Å². The maximum atomic E-state index is 11.9. The Morgan fingerprint density at radius 2 is 1.97 bits per heavy atom. The molecule has 0 aliphatic carbocycles. The highest BCUT2D eigenvalue weighted by atomic mass is 16.5. The number of nitrogen functional groups attached to an aromatic ring is 1. The van der Waals surface area contributed by atoms with E-state index in [1.54, 1.807) is 7.11 Å². The average Bonchev–Trinajstić information content (AvgIpc) is 2.81. The Morgan fingerprint density at radius 1 is 1.21 bits per heavy atom. The van der Waals surface area contributed by atoms with Gasteiger partial charge in [0.15, 0.2) is 0 Å². The minimum Gasteiger partial charge on any atom is -0.382 e. The van der Waals surface area contributed by atoms with Gasteiger partial charge in [-0.3, -0.25) is 14.7 Å². The minimum absolute atomic E-state index is 0.0837. The summed E-state index contributed by atoms with van der Waals surface area (Å²) in [7, 11) is 1.56. The number of rotatable bonds is 10. The largest absolute Gasteiger partial charge is 0.382 e. The lowest BCUT2D eigenvalue weighted by molar-refractivity contribution is -0.136. The number of amides is 1. The standard InChI is InChI=1S/C26H39N5O2/c1-5-6-8-19(2)28-25-20(3)22-11-10-21(17-23(22)29-26(25)27)9-7-12-30-13-15-31(16-14-30)24(32)18-33-4/h10-11,17H,5-9,12-16,18H2,1-4H3,(H2,27,29). The Balaban J connectivity index is 1.58. The second-order valence-electron chi connectivity index (χ2n) is 9.03. The smallest absolute Gasteiger partial charge is 0.248 e. The summed E-state index contributed by atoms with van der Waals surface area (Å²) in [6.45, 7) is 11.0. The highest BCUT2D eigenvalue weighted by molar-refractivity contribution is 5.93. The van der Waals surface area contributed by atoms with Crippen LogP contribution in [0.25, 0.3) is 10.9 Å². The van der Waals surface area contributed by atoms with Gasteiger partial charge in [0, 0.05) is 44.4 Å². The zero-order chi connectivity index (χ0) is 23.8. The van der Waals surface area contributed by atoms with E-state index in [0.717, 1.165) is 92.7 Å². The first-order valence-electron chi connectivity index (χ1n) is 12.1. The first-order valence-corrected chi connectivity index (χ1v) is 12.1. The van der Waals surface area contributed by atoms with E-state index in [1.807, 2.05) is 4.90 Å². The molecule has 2 aromatic rings. The number of carbonyl (C=O) groups excluding carboxylic acids is 1. The summed E-state index contributed by atoms with van der Waals surface area (Å²) in [6.07, 6.45) is 5.36. The third-order valence-electron chi connectivity index (χ3n) is 6.43. The summed E-state index contributed by atoms with van der Waals surface area (Å²) in [5.74, 6) is 0.592. The summed E-state index contributed by atoms with van der Waals surface area (Å²) in [4.78, 5) is 25.7. The molecule has 1 aromatic heterocycles. The van der Waals surface area contributed by atoms with Crippen LogP contribution in [0.1, 0.15) is 50.7 Å². The number of hydrogen-bond acceptors (Lipinski definition) is 6. The number of methoxy groups -OCH3 is 1. The van der Waals surface area contributed by atoms with Crippen LogP contribution in [0.15, 0.2) is 23.2 Å². The summed E-state index contributed by atoms with van der Waals surface area (Å²) >= 11 is 0. The molecule has 33 heavy (non-hydrogen) atoms. The third-order valence-corrected chi connectivity index (χ3v) is 6.43. The molecule has 7 nitrogen and oxygen atoms in total. The van der Waals surface area contributed by atoms with Crippen molar-refractivity contribution in [2.75, 3.05) is 52.2 Å². The normalized spacial score (nSPS) is 15.4. The maximum absolute atomic E-state index is 11.9. The number of anilines is 1. The molecule has 1 amide bonds. The van der Waals surface area contributed by atoms with Gasteiger partial charge >= 0.3 is 0 Å². The fourth-order valence-electron chi connectivity index (χ4n) is 4.41. The molecular formula is C26H39N5O2. The Morgan fingerprint density at radius 3 is 2.67 bits per heavy atom. The van der Waals surface area contributed by atoms with Crippen LogP contribution in [0, 0.1) is 6.92 Å². The molecule has 1 aliphatic heterocycles. The third kappa shape index (κ3) is 6.74. The lowest BCUT2D eigenvalue weighted by Gasteiger charge is -2.34. The number of piperazine rings is 1. The number of carbonyl (C=O) groups is 1. The van der Waals surface area contributed by atoms with E-state index in [1.165, 1.54) is 5.56 Å². The van der Waals surface area contributed by atoms with E-state index in [2.05, 4.69) is 48.9 Å². The van der Waals surface area contributed by atoms with Gasteiger partial charge in [0.2, 0.25) is 5.91 Å².